The number of benzene rings is 2. The smallest absolute Gasteiger partial charge is 0.0538 e. The second kappa shape index (κ2) is 4.07. The maximum Gasteiger partial charge on any atom is 0.0538 e. The van der Waals surface area contributed by atoms with Crippen molar-refractivity contribution in [3.8, 4) is 11.1 Å². The van der Waals surface area contributed by atoms with Crippen LogP contribution in [0.1, 0.15) is 5.56 Å². The number of rotatable bonds is 1. The van der Waals surface area contributed by atoms with E-state index >= 15 is 0 Å². The van der Waals surface area contributed by atoms with Gasteiger partial charge in [-0.05, 0) is 34.5 Å². The lowest BCUT2D eigenvalue weighted by Crippen LogP contribution is -1.91. The van der Waals surface area contributed by atoms with Crippen molar-refractivity contribution in [2.24, 2.45) is 0 Å². The first-order valence-corrected chi connectivity index (χ1v) is 5.59. The van der Waals surface area contributed by atoms with Crippen molar-refractivity contribution >= 4 is 21.6 Å². The Hall–Kier alpha value is -1.28. The number of para-hydroxylation sites is 1. The van der Waals surface area contributed by atoms with E-state index in [1.54, 1.807) is 0 Å². The number of aryl methyl sites for hydroxylation is 1. The molecule has 2 N–H and O–H groups in total. The first-order chi connectivity index (χ1) is 7.18. The summed E-state index contributed by atoms with van der Waals surface area (Å²) in [5, 5.41) is 0. The zero-order chi connectivity index (χ0) is 10.8. The summed E-state index contributed by atoms with van der Waals surface area (Å²) in [4.78, 5) is 0. The van der Waals surface area contributed by atoms with E-state index < -0.39 is 0 Å². The second-order valence-corrected chi connectivity index (χ2v) is 4.42. The van der Waals surface area contributed by atoms with E-state index in [1.165, 1.54) is 5.56 Å². The quantitative estimate of drug-likeness (QED) is 0.772. The van der Waals surface area contributed by atoms with Gasteiger partial charge in [0.05, 0.1) is 5.69 Å². The van der Waals surface area contributed by atoms with Gasteiger partial charge in [0, 0.05) is 10.0 Å². The Morgan fingerprint density at radius 3 is 2.53 bits per heavy atom. The summed E-state index contributed by atoms with van der Waals surface area (Å²) in [6.07, 6.45) is 0. The molecule has 0 unspecified atom stereocenters. The molecule has 0 aromatic heterocycles. The van der Waals surface area contributed by atoms with Gasteiger partial charge in [0.25, 0.3) is 0 Å². The van der Waals surface area contributed by atoms with Crippen LogP contribution >= 0.6 is 15.9 Å². The zero-order valence-electron chi connectivity index (χ0n) is 8.50. The zero-order valence-corrected chi connectivity index (χ0v) is 10.1. The molecule has 2 rings (SSSR count). The molecule has 0 aliphatic carbocycles. The number of hydrogen-bond acceptors (Lipinski definition) is 1. The topological polar surface area (TPSA) is 26.0 Å². The second-order valence-electron chi connectivity index (χ2n) is 3.57. The highest BCUT2D eigenvalue weighted by atomic mass is 79.9. The lowest BCUT2D eigenvalue weighted by atomic mass is 10.0. The molecule has 0 bridgehead atoms. The Morgan fingerprint density at radius 2 is 1.80 bits per heavy atom. The molecule has 2 aromatic rings. The summed E-state index contributed by atoms with van der Waals surface area (Å²) in [6.45, 7) is 2.08. The van der Waals surface area contributed by atoms with Crippen LogP contribution in [0, 0.1) is 6.92 Å². The Labute approximate surface area is 98.1 Å². The van der Waals surface area contributed by atoms with E-state index in [0.29, 0.717) is 0 Å². The van der Waals surface area contributed by atoms with Gasteiger partial charge in [-0.15, -0.1) is 0 Å². The highest BCUT2D eigenvalue weighted by Crippen LogP contribution is 2.31. The minimum atomic E-state index is 0.795. The molecule has 0 radical (unpaired) electrons. The van der Waals surface area contributed by atoms with Crippen molar-refractivity contribution in [2.75, 3.05) is 5.73 Å². The average molecular weight is 262 g/mol. The molecule has 2 aromatic carbocycles. The third-order valence-electron chi connectivity index (χ3n) is 2.38. The van der Waals surface area contributed by atoms with Gasteiger partial charge in [-0.3, -0.25) is 0 Å². The molecule has 0 heterocycles. The SMILES string of the molecule is Cc1cccc(-c2cccc(Br)c2N)c1. The molecule has 0 aliphatic heterocycles. The van der Waals surface area contributed by atoms with Gasteiger partial charge in [-0.25, -0.2) is 0 Å². The lowest BCUT2D eigenvalue weighted by molar-refractivity contribution is 1.46. The fourth-order valence-electron chi connectivity index (χ4n) is 1.60. The van der Waals surface area contributed by atoms with Gasteiger partial charge in [0.2, 0.25) is 0 Å². The molecule has 0 spiro atoms. The monoisotopic (exact) mass is 261 g/mol. The fraction of sp³-hybridized carbons (Fsp3) is 0.0769. The third kappa shape index (κ3) is 2.05. The van der Waals surface area contributed by atoms with Gasteiger partial charge in [0.1, 0.15) is 0 Å². The van der Waals surface area contributed by atoms with E-state index in [2.05, 4.69) is 41.1 Å². The van der Waals surface area contributed by atoms with Crippen LogP contribution in [0.3, 0.4) is 0 Å². The molecule has 76 valence electrons. The van der Waals surface area contributed by atoms with E-state index in [-0.39, 0.29) is 0 Å². The summed E-state index contributed by atoms with van der Waals surface area (Å²) in [6, 6.07) is 14.3. The molecule has 0 atom stereocenters. The Kier molecular flexibility index (Phi) is 2.78. The summed E-state index contributed by atoms with van der Waals surface area (Å²) >= 11 is 3.44. The van der Waals surface area contributed by atoms with Gasteiger partial charge < -0.3 is 5.73 Å². The van der Waals surface area contributed by atoms with Crippen molar-refractivity contribution in [3.63, 3.8) is 0 Å². The molecule has 2 heteroatoms. The Balaban J connectivity index is 2.59. The number of halogens is 1. The van der Waals surface area contributed by atoms with Crippen LogP contribution < -0.4 is 5.73 Å². The van der Waals surface area contributed by atoms with Crippen LogP contribution in [0.2, 0.25) is 0 Å². The molecule has 0 saturated heterocycles. The van der Waals surface area contributed by atoms with Gasteiger partial charge in [0.15, 0.2) is 0 Å². The fourth-order valence-corrected chi connectivity index (χ4v) is 1.97. The van der Waals surface area contributed by atoms with E-state index in [1.807, 2.05) is 24.3 Å². The first-order valence-electron chi connectivity index (χ1n) is 4.79. The minimum absolute atomic E-state index is 0.795. The van der Waals surface area contributed by atoms with Crippen LogP contribution in [-0.4, -0.2) is 0 Å². The predicted molar refractivity (Wildman–Crippen MR) is 68.7 cm³/mol. The van der Waals surface area contributed by atoms with Gasteiger partial charge in [-0.2, -0.15) is 0 Å². The Bertz CT molecular complexity index is 492. The lowest BCUT2D eigenvalue weighted by Gasteiger charge is -2.08. The number of nitrogens with two attached hydrogens (primary N) is 1. The molecular weight excluding hydrogens is 250 g/mol. The molecule has 1 nitrogen and oxygen atoms in total. The van der Waals surface area contributed by atoms with Crippen LogP contribution in [-0.2, 0) is 0 Å². The van der Waals surface area contributed by atoms with E-state index in [4.69, 9.17) is 5.73 Å². The van der Waals surface area contributed by atoms with Gasteiger partial charge >= 0.3 is 0 Å². The largest absolute Gasteiger partial charge is 0.397 e. The maximum atomic E-state index is 6.02. The predicted octanol–water partition coefficient (Wildman–Crippen LogP) is 4.01. The summed E-state index contributed by atoms with van der Waals surface area (Å²) < 4.78 is 0.946. The standard InChI is InChI=1S/C13H12BrN/c1-9-4-2-5-10(8-9)11-6-3-7-12(14)13(11)15/h2-8H,15H2,1H3. The van der Waals surface area contributed by atoms with Crippen molar-refractivity contribution in [1.82, 2.24) is 0 Å². The van der Waals surface area contributed by atoms with Gasteiger partial charge in [-0.1, -0.05) is 42.0 Å². The molecule has 0 aliphatic rings. The Morgan fingerprint density at radius 1 is 1.07 bits per heavy atom. The minimum Gasteiger partial charge on any atom is -0.397 e. The summed E-state index contributed by atoms with van der Waals surface area (Å²) in [5.74, 6) is 0. The maximum absolute atomic E-state index is 6.02. The summed E-state index contributed by atoms with van der Waals surface area (Å²) in [7, 11) is 0. The molecular formula is C13H12BrN. The van der Waals surface area contributed by atoms with Crippen LogP contribution in [0.5, 0.6) is 0 Å². The van der Waals surface area contributed by atoms with Crippen molar-refractivity contribution in [1.29, 1.82) is 0 Å². The molecule has 0 saturated carbocycles. The molecule has 0 fully saturated rings. The van der Waals surface area contributed by atoms with E-state index in [0.717, 1.165) is 21.3 Å². The van der Waals surface area contributed by atoms with Crippen LogP contribution in [0.25, 0.3) is 11.1 Å². The van der Waals surface area contributed by atoms with Crippen molar-refractivity contribution in [3.05, 3.63) is 52.5 Å². The first kappa shape index (κ1) is 10.2. The van der Waals surface area contributed by atoms with Crippen molar-refractivity contribution in [2.45, 2.75) is 6.92 Å². The number of anilines is 1. The molecule has 15 heavy (non-hydrogen) atoms. The normalized spacial score (nSPS) is 10.3. The highest BCUT2D eigenvalue weighted by molar-refractivity contribution is 9.10. The molecule has 0 amide bonds. The van der Waals surface area contributed by atoms with Crippen LogP contribution in [0.4, 0.5) is 5.69 Å². The number of hydrogen-bond donors (Lipinski definition) is 1. The summed E-state index contributed by atoms with van der Waals surface area (Å²) in [5.41, 5.74) is 10.3. The number of nitrogen functional groups attached to an aromatic ring is 1. The van der Waals surface area contributed by atoms with Crippen LogP contribution in [0.15, 0.2) is 46.9 Å². The third-order valence-corrected chi connectivity index (χ3v) is 3.07. The highest BCUT2D eigenvalue weighted by Gasteiger charge is 2.04. The van der Waals surface area contributed by atoms with Crippen molar-refractivity contribution < 1.29 is 0 Å². The average Bonchev–Trinajstić information content (AvgIpc) is 2.22. The van der Waals surface area contributed by atoms with E-state index in [9.17, 15) is 0 Å².